The number of primary amides is 1. The van der Waals surface area contributed by atoms with Gasteiger partial charge in [-0.15, -0.1) is 0 Å². The maximum atomic E-state index is 11.1. The first-order chi connectivity index (χ1) is 9.65. The predicted octanol–water partition coefficient (Wildman–Crippen LogP) is -0.687. The van der Waals surface area contributed by atoms with Crippen molar-refractivity contribution < 1.29 is 14.6 Å². The number of amides is 1. The number of aliphatic hydroxyl groups is 1. The normalized spacial score (nSPS) is 30.1. The van der Waals surface area contributed by atoms with Gasteiger partial charge in [-0.1, -0.05) is 0 Å². The van der Waals surface area contributed by atoms with E-state index in [4.69, 9.17) is 10.5 Å². The van der Waals surface area contributed by atoms with E-state index < -0.39 is 0 Å². The van der Waals surface area contributed by atoms with Crippen LogP contribution in [0.2, 0.25) is 0 Å². The van der Waals surface area contributed by atoms with Gasteiger partial charge in [-0.3, -0.25) is 9.69 Å². The summed E-state index contributed by atoms with van der Waals surface area (Å²) < 4.78 is 5.29. The molecule has 0 radical (unpaired) electrons. The first-order valence-electron chi connectivity index (χ1n) is 7.66. The van der Waals surface area contributed by atoms with Crippen molar-refractivity contribution in [3.8, 4) is 0 Å². The number of aliphatic hydroxyl groups excluding tert-OH is 1. The fraction of sp³-hybridized carbons (Fsp3) is 0.929. The molecule has 1 atom stereocenters. The predicted molar refractivity (Wildman–Crippen MR) is 76.2 cm³/mol. The van der Waals surface area contributed by atoms with E-state index in [1.54, 1.807) is 0 Å². The second kappa shape index (κ2) is 7.93. The summed E-state index contributed by atoms with van der Waals surface area (Å²) in [5, 5.41) is 13.5. The molecule has 0 spiro atoms. The molecule has 4 N–H and O–H groups in total. The number of nitrogens with zero attached hydrogens (tertiary/aromatic N) is 1. The largest absolute Gasteiger partial charge is 0.390 e. The molecule has 1 saturated carbocycles. The number of nitrogens with two attached hydrogens (primary N) is 1. The van der Waals surface area contributed by atoms with Crippen LogP contribution in [-0.4, -0.2) is 67.5 Å². The number of hydrogen-bond donors (Lipinski definition) is 3. The van der Waals surface area contributed by atoms with Crippen LogP contribution in [0.15, 0.2) is 0 Å². The lowest BCUT2D eigenvalue weighted by Crippen LogP contribution is -2.46. The van der Waals surface area contributed by atoms with Gasteiger partial charge >= 0.3 is 0 Å². The highest BCUT2D eigenvalue weighted by molar-refractivity contribution is 5.76. The van der Waals surface area contributed by atoms with Crippen LogP contribution in [0, 0.1) is 5.92 Å². The second-order valence-electron chi connectivity index (χ2n) is 5.93. The van der Waals surface area contributed by atoms with Crippen LogP contribution in [0.1, 0.15) is 25.7 Å². The molecule has 1 heterocycles. The van der Waals surface area contributed by atoms with Crippen molar-refractivity contribution in [2.24, 2.45) is 11.7 Å². The number of rotatable bonds is 6. The summed E-state index contributed by atoms with van der Waals surface area (Å²) in [6.45, 7) is 4.65. The van der Waals surface area contributed by atoms with E-state index in [9.17, 15) is 9.90 Å². The fourth-order valence-electron chi connectivity index (χ4n) is 3.03. The van der Waals surface area contributed by atoms with E-state index in [-0.39, 0.29) is 17.9 Å². The van der Waals surface area contributed by atoms with Crippen molar-refractivity contribution in [3.63, 3.8) is 0 Å². The Morgan fingerprint density at radius 2 is 1.95 bits per heavy atom. The highest BCUT2D eigenvalue weighted by atomic mass is 16.5. The van der Waals surface area contributed by atoms with Gasteiger partial charge in [0.1, 0.15) is 0 Å². The van der Waals surface area contributed by atoms with Gasteiger partial charge < -0.3 is 20.9 Å². The molecule has 0 aromatic heterocycles. The molecule has 1 unspecified atom stereocenters. The molecule has 0 aromatic carbocycles. The van der Waals surface area contributed by atoms with Crippen LogP contribution in [0.3, 0.4) is 0 Å². The average molecular weight is 285 g/mol. The smallest absolute Gasteiger partial charge is 0.220 e. The molecule has 6 heteroatoms. The number of morpholine rings is 1. The van der Waals surface area contributed by atoms with Crippen LogP contribution < -0.4 is 11.1 Å². The summed E-state index contributed by atoms with van der Waals surface area (Å²) in [6.07, 6.45) is 3.33. The van der Waals surface area contributed by atoms with Crippen LogP contribution in [-0.2, 0) is 9.53 Å². The summed E-state index contributed by atoms with van der Waals surface area (Å²) in [5.74, 6) is -0.123. The highest BCUT2D eigenvalue weighted by Crippen LogP contribution is 2.23. The Labute approximate surface area is 120 Å². The lowest BCUT2D eigenvalue weighted by molar-refractivity contribution is -0.122. The number of β-amino-alcohol motifs (C(OH)–C–C–N with tert-alkyl or cyclic N) is 1. The number of ether oxygens (including phenoxy) is 1. The third kappa shape index (κ3) is 5.01. The molecule has 2 fully saturated rings. The van der Waals surface area contributed by atoms with E-state index in [0.29, 0.717) is 19.1 Å². The number of nitrogens with one attached hydrogen (secondary N) is 1. The highest BCUT2D eigenvalue weighted by Gasteiger charge is 2.25. The minimum atomic E-state index is -0.345. The second-order valence-corrected chi connectivity index (χ2v) is 5.93. The lowest BCUT2D eigenvalue weighted by Gasteiger charge is -2.31. The Kier molecular flexibility index (Phi) is 6.22. The molecular weight excluding hydrogens is 258 g/mol. The number of hydrogen-bond acceptors (Lipinski definition) is 5. The zero-order chi connectivity index (χ0) is 14.4. The summed E-state index contributed by atoms with van der Waals surface area (Å²) in [6, 6.07) is 0.407. The molecule has 2 rings (SSSR count). The number of carbonyl (C=O) groups excluding carboxylic acids is 1. The third-order valence-electron chi connectivity index (χ3n) is 4.34. The van der Waals surface area contributed by atoms with Crippen molar-refractivity contribution in [3.05, 3.63) is 0 Å². The summed E-state index contributed by atoms with van der Waals surface area (Å²) in [7, 11) is 0. The topological polar surface area (TPSA) is 87.8 Å². The van der Waals surface area contributed by atoms with Crippen LogP contribution in [0.25, 0.3) is 0 Å². The molecule has 20 heavy (non-hydrogen) atoms. The van der Waals surface area contributed by atoms with Crippen molar-refractivity contribution in [1.82, 2.24) is 10.2 Å². The molecule has 116 valence electrons. The maximum absolute atomic E-state index is 11.1. The minimum Gasteiger partial charge on any atom is -0.390 e. The van der Waals surface area contributed by atoms with Gasteiger partial charge in [-0.25, -0.2) is 0 Å². The maximum Gasteiger partial charge on any atom is 0.220 e. The van der Waals surface area contributed by atoms with Crippen LogP contribution in [0.5, 0.6) is 0 Å². The monoisotopic (exact) mass is 285 g/mol. The van der Waals surface area contributed by atoms with Crippen molar-refractivity contribution in [2.75, 3.05) is 39.4 Å². The van der Waals surface area contributed by atoms with Gasteiger partial charge in [0.2, 0.25) is 5.91 Å². The summed E-state index contributed by atoms with van der Waals surface area (Å²) in [5.41, 5.74) is 5.32. The molecule has 2 aliphatic rings. The molecule has 6 nitrogen and oxygen atoms in total. The molecule has 1 aliphatic heterocycles. The fourth-order valence-corrected chi connectivity index (χ4v) is 3.03. The molecule has 1 amide bonds. The van der Waals surface area contributed by atoms with E-state index >= 15 is 0 Å². The van der Waals surface area contributed by atoms with Gasteiger partial charge in [-0.2, -0.15) is 0 Å². The van der Waals surface area contributed by atoms with Crippen molar-refractivity contribution in [1.29, 1.82) is 0 Å². The molecular formula is C14H27N3O3. The quantitative estimate of drug-likeness (QED) is 0.601. The van der Waals surface area contributed by atoms with E-state index in [0.717, 1.165) is 52.0 Å². The van der Waals surface area contributed by atoms with Gasteiger partial charge in [0.05, 0.1) is 19.3 Å². The van der Waals surface area contributed by atoms with Crippen LogP contribution >= 0.6 is 0 Å². The van der Waals surface area contributed by atoms with Gasteiger partial charge in [0, 0.05) is 38.1 Å². The van der Waals surface area contributed by atoms with E-state index in [1.165, 1.54) is 0 Å². The zero-order valence-electron chi connectivity index (χ0n) is 12.1. The van der Waals surface area contributed by atoms with Gasteiger partial charge in [-0.05, 0) is 25.7 Å². The van der Waals surface area contributed by atoms with Gasteiger partial charge in [0.25, 0.3) is 0 Å². The van der Waals surface area contributed by atoms with Crippen molar-refractivity contribution in [2.45, 2.75) is 37.8 Å². The van der Waals surface area contributed by atoms with Gasteiger partial charge in [0.15, 0.2) is 0 Å². The zero-order valence-corrected chi connectivity index (χ0v) is 12.1. The number of carbonyl (C=O) groups is 1. The molecule has 1 aliphatic carbocycles. The summed E-state index contributed by atoms with van der Waals surface area (Å²) in [4.78, 5) is 13.3. The Morgan fingerprint density at radius 1 is 1.30 bits per heavy atom. The van der Waals surface area contributed by atoms with E-state index in [2.05, 4.69) is 10.2 Å². The minimum absolute atomic E-state index is 0.0475. The van der Waals surface area contributed by atoms with Crippen LogP contribution in [0.4, 0.5) is 0 Å². The SMILES string of the molecule is NC(=O)C1CCC(NCC(O)CN2CCOCC2)CC1. The van der Waals surface area contributed by atoms with E-state index in [1.807, 2.05) is 0 Å². The summed E-state index contributed by atoms with van der Waals surface area (Å²) >= 11 is 0. The Morgan fingerprint density at radius 3 is 2.55 bits per heavy atom. The Bertz CT molecular complexity index is 300. The first-order valence-corrected chi connectivity index (χ1v) is 7.66. The molecule has 0 aromatic rings. The van der Waals surface area contributed by atoms with Crippen molar-refractivity contribution >= 4 is 5.91 Å². The Hall–Kier alpha value is -0.690. The third-order valence-corrected chi connectivity index (χ3v) is 4.34. The molecule has 0 bridgehead atoms. The average Bonchev–Trinajstić information content (AvgIpc) is 2.46. The molecule has 1 saturated heterocycles. The Balaban J connectivity index is 1.59. The lowest BCUT2D eigenvalue weighted by atomic mass is 9.85. The first kappa shape index (κ1) is 15.7. The standard InChI is InChI=1S/C14H27N3O3/c15-14(19)11-1-3-12(4-2-11)16-9-13(18)10-17-5-7-20-8-6-17/h11-13,16,18H,1-10H2,(H2,15,19).